The van der Waals surface area contributed by atoms with Crippen LogP contribution in [0.1, 0.15) is 26.7 Å². The molecule has 0 aromatic rings. The fraction of sp³-hybridized carbons (Fsp3) is 0.636. The summed E-state index contributed by atoms with van der Waals surface area (Å²) in [4.78, 5) is 0. The van der Waals surface area contributed by atoms with E-state index in [-0.39, 0.29) is 0 Å². The molecule has 0 aromatic carbocycles. The molecule has 0 nitrogen and oxygen atoms in total. The summed E-state index contributed by atoms with van der Waals surface area (Å²) >= 11 is 0. The van der Waals surface area contributed by atoms with Crippen LogP contribution in [0.4, 0.5) is 0 Å². The van der Waals surface area contributed by atoms with Gasteiger partial charge in [0.1, 0.15) is 0 Å². The van der Waals surface area contributed by atoms with Gasteiger partial charge in [0, 0.05) is 0 Å². The zero-order valence-corrected chi connectivity index (χ0v) is 7.38. The summed E-state index contributed by atoms with van der Waals surface area (Å²) in [6.07, 6.45) is 9.90. The van der Waals surface area contributed by atoms with Crippen LogP contribution in [0.5, 0.6) is 0 Å². The highest BCUT2D eigenvalue weighted by Gasteiger charge is 2.27. The first-order valence-electron chi connectivity index (χ1n) is 4.62. The third-order valence-electron chi connectivity index (χ3n) is 3.23. The zero-order chi connectivity index (χ0) is 7.84. The van der Waals surface area contributed by atoms with Gasteiger partial charge in [-0.25, -0.2) is 0 Å². The normalized spacial score (nSPS) is 42.0. The van der Waals surface area contributed by atoms with Crippen molar-refractivity contribution in [3.8, 4) is 0 Å². The van der Waals surface area contributed by atoms with E-state index in [0.29, 0.717) is 0 Å². The Labute approximate surface area is 69.0 Å². The summed E-state index contributed by atoms with van der Waals surface area (Å²) in [6.45, 7) is 4.62. The van der Waals surface area contributed by atoms with Crippen LogP contribution in [0, 0.1) is 17.8 Å². The molecule has 0 N–H and O–H groups in total. The molecule has 60 valence electrons. The quantitative estimate of drug-likeness (QED) is 0.463. The van der Waals surface area contributed by atoms with Gasteiger partial charge >= 0.3 is 0 Å². The molecule has 0 saturated heterocycles. The van der Waals surface area contributed by atoms with E-state index in [1.807, 2.05) is 0 Å². The van der Waals surface area contributed by atoms with Crippen LogP contribution in [0.15, 0.2) is 23.8 Å². The molecule has 2 aliphatic rings. The van der Waals surface area contributed by atoms with Crippen molar-refractivity contribution in [2.45, 2.75) is 26.7 Å². The van der Waals surface area contributed by atoms with Crippen molar-refractivity contribution in [2.24, 2.45) is 17.8 Å². The lowest BCUT2D eigenvalue weighted by molar-refractivity contribution is 0.367. The Kier molecular flexibility index (Phi) is 1.63. The van der Waals surface area contributed by atoms with Crippen LogP contribution in [0.25, 0.3) is 0 Å². The monoisotopic (exact) mass is 148 g/mol. The van der Waals surface area contributed by atoms with E-state index < -0.39 is 0 Å². The van der Waals surface area contributed by atoms with Gasteiger partial charge in [-0.05, 0) is 37.5 Å². The van der Waals surface area contributed by atoms with E-state index in [0.717, 1.165) is 17.8 Å². The third kappa shape index (κ3) is 1.15. The number of allylic oxidation sites excluding steroid dienone is 4. The van der Waals surface area contributed by atoms with Gasteiger partial charge in [0.15, 0.2) is 0 Å². The van der Waals surface area contributed by atoms with Crippen LogP contribution in [-0.4, -0.2) is 0 Å². The van der Waals surface area contributed by atoms with Crippen LogP contribution < -0.4 is 0 Å². The fourth-order valence-electron chi connectivity index (χ4n) is 2.28. The maximum atomic E-state index is 2.46. The second kappa shape index (κ2) is 2.51. The number of rotatable bonds is 0. The lowest BCUT2D eigenvalue weighted by Gasteiger charge is -2.27. The Hall–Kier alpha value is -0.520. The summed E-state index contributed by atoms with van der Waals surface area (Å²) in [5.41, 5.74) is 1.60. The van der Waals surface area contributed by atoms with E-state index in [9.17, 15) is 0 Å². The van der Waals surface area contributed by atoms with E-state index in [1.165, 1.54) is 12.8 Å². The topological polar surface area (TPSA) is 0 Å². The highest BCUT2D eigenvalue weighted by molar-refractivity contribution is 5.19. The SMILES string of the molecule is CC1=C[C@H]2C=CC[C@H]2C[C@H]1C. The fourth-order valence-corrected chi connectivity index (χ4v) is 2.28. The van der Waals surface area contributed by atoms with E-state index >= 15 is 0 Å². The minimum Gasteiger partial charge on any atom is -0.0876 e. The lowest BCUT2D eigenvalue weighted by atomic mass is 9.78. The van der Waals surface area contributed by atoms with Gasteiger partial charge in [-0.2, -0.15) is 0 Å². The molecular weight excluding hydrogens is 132 g/mol. The zero-order valence-electron chi connectivity index (χ0n) is 7.38. The molecule has 0 amide bonds. The van der Waals surface area contributed by atoms with Crippen LogP contribution >= 0.6 is 0 Å². The second-order valence-corrected chi connectivity index (χ2v) is 4.05. The summed E-state index contributed by atoms with van der Waals surface area (Å²) in [5, 5.41) is 0. The minimum absolute atomic E-state index is 0.784. The Morgan fingerprint density at radius 2 is 2.27 bits per heavy atom. The Bertz CT molecular complexity index is 210. The summed E-state index contributed by atoms with van der Waals surface area (Å²) in [7, 11) is 0. The summed E-state index contributed by atoms with van der Waals surface area (Å²) in [5.74, 6) is 2.55. The average Bonchev–Trinajstić information content (AvgIpc) is 2.36. The molecule has 2 rings (SSSR count). The van der Waals surface area contributed by atoms with Crippen molar-refractivity contribution in [3.63, 3.8) is 0 Å². The smallest absolute Gasteiger partial charge is 0.00193 e. The van der Waals surface area contributed by atoms with Gasteiger partial charge in [0.05, 0.1) is 0 Å². The molecule has 0 bridgehead atoms. The van der Waals surface area contributed by atoms with Crippen LogP contribution in [0.2, 0.25) is 0 Å². The number of fused-ring (bicyclic) bond motifs is 1. The molecular formula is C11H16. The molecule has 0 heterocycles. The number of hydrogen-bond acceptors (Lipinski definition) is 0. The van der Waals surface area contributed by atoms with Crippen molar-refractivity contribution in [2.75, 3.05) is 0 Å². The molecule has 0 heteroatoms. The molecule has 3 atom stereocenters. The molecule has 0 unspecified atom stereocenters. The minimum atomic E-state index is 0.784. The van der Waals surface area contributed by atoms with Gasteiger partial charge in [-0.15, -0.1) is 0 Å². The van der Waals surface area contributed by atoms with Gasteiger partial charge in [-0.1, -0.05) is 30.7 Å². The molecule has 0 fully saturated rings. The van der Waals surface area contributed by atoms with Gasteiger partial charge in [-0.3, -0.25) is 0 Å². The van der Waals surface area contributed by atoms with Gasteiger partial charge in [0.2, 0.25) is 0 Å². The first-order chi connectivity index (χ1) is 5.27. The summed E-state index contributed by atoms with van der Waals surface area (Å²) < 4.78 is 0. The molecule has 0 aromatic heterocycles. The van der Waals surface area contributed by atoms with Crippen molar-refractivity contribution in [1.29, 1.82) is 0 Å². The highest BCUT2D eigenvalue weighted by Crippen LogP contribution is 2.38. The number of hydrogen-bond donors (Lipinski definition) is 0. The molecule has 0 saturated carbocycles. The van der Waals surface area contributed by atoms with Crippen molar-refractivity contribution in [1.82, 2.24) is 0 Å². The Morgan fingerprint density at radius 1 is 1.45 bits per heavy atom. The average molecular weight is 148 g/mol. The van der Waals surface area contributed by atoms with Crippen LogP contribution in [0.3, 0.4) is 0 Å². The van der Waals surface area contributed by atoms with Gasteiger partial charge < -0.3 is 0 Å². The standard InChI is InChI=1S/C11H16/c1-8-6-10-4-3-5-11(10)7-9(8)2/h3-4,6,9-11H,5,7H2,1-2H3/t9-,10-,11+/m1/s1. The maximum absolute atomic E-state index is 2.46. The van der Waals surface area contributed by atoms with Crippen LogP contribution in [-0.2, 0) is 0 Å². The molecule has 2 aliphatic carbocycles. The largest absolute Gasteiger partial charge is 0.0876 e. The molecule has 11 heavy (non-hydrogen) atoms. The Morgan fingerprint density at radius 3 is 3.09 bits per heavy atom. The first-order valence-corrected chi connectivity index (χ1v) is 4.62. The third-order valence-corrected chi connectivity index (χ3v) is 3.23. The lowest BCUT2D eigenvalue weighted by Crippen LogP contribution is -2.17. The predicted molar refractivity (Wildman–Crippen MR) is 48.3 cm³/mol. The summed E-state index contributed by atoms with van der Waals surface area (Å²) in [6, 6.07) is 0. The Balaban J connectivity index is 2.21. The van der Waals surface area contributed by atoms with E-state index in [2.05, 4.69) is 32.1 Å². The van der Waals surface area contributed by atoms with Gasteiger partial charge in [0.25, 0.3) is 0 Å². The van der Waals surface area contributed by atoms with E-state index in [1.54, 1.807) is 5.57 Å². The van der Waals surface area contributed by atoms with E-state index in [4.69, 9.17) is 0 Å². The van der Waals surface area contributed by atoms with Crippen molar-refractivity contribution in [3.05, 3.63) is 23.8 Å². The van der Waals surface area contributed by atoms with Crippen molar-refractivity contribution < 1.29 is 0 Å². The molecule has 0 aliphatic heterocycles. The molecule has 0 radical (unpaired) electrons. The highest BCUT2D eigenvalue weighted by atomic mass is 14.3. The maximum Gasteiger partial charge on any atom is -0.00193 e. The second-order valence-electron chi connectivity index (χ2n) is 4.05. The predicted octanol–water partition coefficient (Wildman–Crippen LogP) is 3.16. The first kappa shape index (κ1) is 7.15. The van der Waals surface area contributed by atoms with Crippen molar-refractivity contribution >= 4 is 0 Å². The molecule has 0 spiro atoms.